The van der Waals surface area contributed by atoms with E-state index < -0.39 is 6.04 Å². The molecule has 1 saturated carbocycles. The molecule has 1 atom stereocenters. The van der Waals surface area contributed by atoms with Crippen LogP contribution in [0.2, 0.25) is 0 Å². The summed E-state index contributed by atoms with van der Waals surface area (Å²) in [6.07, 6.45) is 5.68. The molecule has 0 bridgehead atoms. The summed E-state index contributed by atoms with van der Waals surface area (Å²) in [6, 6.07) is 27.3. The molecule has 0 saturated heterocycles. The Hall–Kier alpha value is -3.60. The maximum Gasteiger partial charge on any atom is 0.243 e. The second-order valence-corrected chi connectivity index (χ2v) is 9.91. The number of benzene rings is 3. The van der Waals surface area contributed by atoms with Gasteiger partial charge in [0.1, 0.15) is 11.8 Å². The average Bonchev–Trinajstić information content (AvgIpc) is 3.43. The first-order chi connectivity index (χ1) is 18.1. The molecule has 3 aromatic carbocycles. The van der Waals surface area contributed by atoms with Crippen LogP contribution < -0.4 is 10.1 Å². The lowest BCUT2D eigenvalue weighted by Gasteiger charge is -2.33. The molecule has 1 aliphatic carbocycles. The number of carbonyl (C=O) groups is 2. The molecule has 0 unspecified atom stereocenters. The summed E-state index contributed by atoms with van der Waals surface area (Å²) in [5, 5.41) is 3.27. The first-order valence-electron chi connectivity index (χ1n) is 13.5. The lowest BCUT2D eigenvalue weighted by atomic mass is 10.0. The molecule has 3 aromatic rings. The zero-order valence-corrected chi connectivity index (χ0v) is 21.8. The summed E-state index contributed by atoms with van der Waals surface area (Å²) >= 11 is 0. The predicted molar refractivity (Wildman–Crippen MR) is 147 cm³/mol. The standard InChI is InChI=1S/C32H38N2O3/c1-25-13-8-9-16-27(25)24-34(31(35)21-12-22-37-29-19-6-3-7-20-29)30(23-26-14-4-2-5-15-26)32(36)33-28-17-10-11-18-28/h2-9,13-16,19-20,28,30H,10-12,17-18,21-24H2,1H3,(H,33,36)/t30-/m0/s1. The van der Waals surface area contributed by atoms with Crippen molar-refractivity contribution in [1.82, 2.24) is 10.2 Å². The highest BCUT2D eigenvalue weighted by molar-refractivity contribution is 5.88. The Bertz CT molecular complexity index is 1130. The number of amides is 2. The molecule has 1 fully saturated rings. The third-order valence-corrected chi connectivity index (χ3v) is 7.12. The second-order valence-electron chi connectivity index (χ2n) is 9.91. The fourth-order valence-electron chi connectivity index (χ4n) is 4.97. The van der Waals surface area contributed by atoms with Gasteiger partial charge in [-0.3, -0.25) is 9.59 Å². The van der Waals surface area contributed by atoms with E-state index in [-0.39, 0.29) is 17.9 Å². The summed E-state index contributed by atoms with van der Waals surface area (Å²) in [5.74, 6) is 0.713. The predicted octanol–water partition coefficient (Wildman–Crippen LogP) is 5.85. The van der Waals surface area contributed by atoms with Crippen LogP contribution in [0.15, 0.2) is 84.9 Å². The molecule has 1 aliphatic rings. The van der Waals surface area contributed by atoms with Crippen LogP contribution in [0.1, 0.15) is 55.2 Å². The smallest absolute Gasteiger partial charge is 0.243 e. The molecular formula is C32H38N2O3. The molecule has 4 rings (SSSR count). The van der Waals surface area contributed by atoms with Crippen LogP contribution in [0.25, 0.3) is 0 Å². The molecule has 2 amide bonds. The molecule has 0 aliphatic heterocycles. The Labute approximate surface area is 220 Å². The van der Waals surface area contributed by atoms with Gasteiger partial charge in [0, 0.05) is 25.4 Å². The number of hydrogen-bond acceptors (Lipinski definition) is 3. The van der Waals surface area contributed by atoms with Crippen molar-refractivity contribution in [2.75, 3.05) is 6.61 Å². The van der Waals surface area contributed by atoms with E-state index in [2.05, 4.69) is 18.3 Å². The Morgan fingerprint density at radius 1 is 0.919 bits per heavy atom. The summed E-state index contributed by atoms with van der Waals surface area (Å²) in [6.45, 7) is 2.91. The number of para-hydroxylation sites is 1. The zero-order valence-electron chi connectivity index (χ0n) is 21.8. The first-order valence-corrected chi connectivity index (χ1v) is 13.5. The fourth-order valence-corrected chi connectivity index (χ4v) is 4.97. The molecule has 0 radical (unpaired) electrons. The van der Waals surface area contributed by atoms with Crippen LogP contribution >= 0.6 is 0 Å². The largest absolute Gasteiger partial charge is 0.494 e. The number of rotatable bonds is 12. The Morgan fingerprint density at radius 2 is 1.57 bits per heavy atom. The van der Waals surface area contributed by atoms with E-state index in [1.807, 2.05) is 78.9 Å². The van der Waals surface area contributed by atoms with E-state index in [0.717, 1.165) is 48.1 Å². The van der Waals surface area contributed by atoms with Crippen molar-refractivity contribution in [1.29, 1.82) is 0 Å². The number of ether oxygens (including phenoxy) is 1. The van der Waals surface area contributed by atoms with Gasteiger partial charge in [0.2, 0.25) is 11.8 Å². The minimum absolute atomic E-state index is 0.0255. The third-order valence-electron chi connectivity index (χ3n) is 7.12. The van der Waals surface area contributed by atoms with Gasteiger partial charge in [0.25, 0.3) is 0 Å². The van der Waals surface area contributed by atoms with Gasteiger partial charge >= 0.3 is 0 Å². The van der Waals surface area contributed by atoms with Crippen LogP contribution in [-0.2, 0) is 22.6 Å². The van der Waals surface area contributed by atoms with Crippen molar-refractivity contribution < 1.29 is 14.3 Å². The van der Waals surface area contributed by atoms with Gasteiger partial charge in [0.15, 0.2) is 0 Å². The quantitative estimate of drug-likeness (QED) is 0.319. The zero-order chi connectivity index (χ0) is 25.9. The van der Waals surface area contributed by atoms with Crippen molar-refractivity contribution in [2.45, 2.75) is 70.5 Å². The van der Waals surface area contributed by atoms with E-state index in [1.54, 1.807) is 4.90 Å². The molecule has 5 heteroatoms. The van der Waals surface area contributed by atoms with Crippen LogP contribution in [0.5, 0.6) is 5.75 Å². The summed E-state index contributed by atoms with van der Waals surface area (Å²) in [5.41, 5.74) is 3.22. The molecule has 1 N–H and O–H groups in total. The molecule has 0 spiro atoms. The summed E-state index contributed by atoms with van der Waals surface area (Å²) < 4.78 is 5.82. The van der Waals surface area contributed by atoms with E-state index in [0.29, 0.717) is 32.4 Å². The Balaban J connectivity index is 1.53. The minimum Gasteiger partial charge on any atom is -0.494 e. The minimum atomic E-state index is -0.579. The normalized spacial score (nSPS) is 14.2. The van der Waals surface area contributed by atoms with Gasteiger partial charge in [-0.15, -0.1) is 0 Å². The summed E-state index contributed by atoms with van der Waals surface area (Å²) in [4.78, 5) is 29.2. The second kappa shape index (κ2) is 13.6. The number of carbonyl (C=O) groups excluding carboxylic acids is 2. The van der Waals surface area contributed by atoms with Crippen molar-refractivity contribution in [3.63, 3.8) is 0 Å². The van der Waals surface area contributed by atoms with Crippen molar-refractivity contribution in [2.24, 2.45) is 0 Å². The highest BCUT2D eigenvalue weighted by Crippen LogP contribution is 2.21. The molecule has 194 valence electrons. The maximum atomic E-state index is 13.7. The number of hydrogen-bond donors (Lipinski definition) is 1. The van der Waals surface area contributed by atoms with Crippen LogP contribution in [-0.4, -0.2) is 35.4 Å². The Kier molecular flexibility index (Phi) is 9.75. The van der Waals surface area contributed by atoms with Crippen molar-refractivity contribution in [3.05, 3.63) is 102 Å². The summed E-state index contributed by atoms with van der Waals surface area (Å²) in [7, 11) is 0. The lowest BCUT2D eigenvalue weighted by Crippen LogP contribution is -2.52. The van der Waals surface area contributed by atoms with Gasteiger partial charge in [-0.1, -0.05) is 85.6 Å². The first kappa shape index (κ1) is 26.5. The average molecular weight is 499 g/mol. The van der Waals surface area contributed by atoms with E-state index in [9.17, 15) is 9.59 Å². The maximum absolute atomic E-state index is 13.7. The highest BCUT2D eigenvalue weighted by atomic mass is 16.5. The number of aryl methyl sites for hydroxylation is 1. The van der Waals surface area contributed by atoms with E-state index in [1.165, 1.54) is 0 Å². The molecule has 37 heavy (non-hydrogen) atoms. The van der Waals surface area contributed by atoms with Gasteiger partial charge in [-0.25, -0.2) is 0 Å². The number of nitrogens with zero attached hydrogens (tertiary/aromatic N) is 1. The number of nitrogens with one attached hydrogen (secondary N) is 1. The van der Waals surface area contributed by atoms with Gasteiger partial charge in [-0.05, 0) is 55.0 Å². The lowest BCUT2D eigenvalue weighted by molar-refractivity contribution is -0.141. The van der Waals surface area contributed by atoms with Gasteiger partial charge < -0.3 is 15.0 Å². The van der Waals surface area contributed by atoms with Crippen LogP contribution in [0.4, 0.5) is 0 Å². The molecular weight excluding hydrogens is 460 g/mol. The van der Waals surface area contributed by atoms with Gasteiger partial charge in [-0.2, -0.15) is 0 Å². The molecule has 0 aromatic heterocycles. The molecule has 0 heterocycles. The van der Waals surface area contributed by atoms with Gasteiger partial charge in [0.05, 0.1) is 6.61 Å². The monoisotopic (exact) mass is 498 g/mol. The Morgan fingerprint density at radius 3 is 2.27 bits per heavy atom. The SMILES string of the molecule is Cc1ccccc1CN(C(=O)CCCOc1ccccc1)[C@@H](Cc1ccccc1)C(=O)NC1CCCC1. The topological polar surface area (TPSA) is 58.6 Å². The van der Waals surface area contributed by atoms with E-state index >= 15 is 0 Å². The molecule has 5 nitrogen and oxygen atoms in total. The fraction of sp³-hybridized carbons (Fsp3) is 0.375. The highest BCUT2D eigenvalue weighted by Gasteiger charge is 2.32. The van der Waals surface area contributed by atoms with Crippen LogP contribution in [0.3, 0.4) is 0 Å². The third kappa shape index (κ3) is 7.94. The van der Waals surface area contributed by atoms with Crippen molar-refractivity contribution in [3.8, 4) is 5.75 Å². The van der Waals surface area contributed by atoms with Crippen molar-refractivity contribution >= 4 is 11.8 Å². The van der Waals surface area contributed by atoms with E-state index in [4.69, 9.17) is 4.74 Å². The van der Waals surface area contributed by atoms with Crippen LogP contribution in [0, 0.1) is 6.92 Å².